The molecule has 0 radical (unpaired) electrons. The molecule has 0 fully saturated rings. The second kappa shape index (κ2) is 7.55. The van der Waals surface area contributed by atoms with E-state index in [1.165, 1.54) is 0 Å². The monoisotopic (exact) mass is 252 g/mol. The Labute approximate surface area is 107 Å². The zero-order valence-corrected chi connectivity index (χ0v) is 10.9. The topological polar surface area (TPSA) is 73.6 Å². The average Bonchev–Trinajstić information content (AvgIpc) is 2.37. The van der Waals surface area contributed by atoms with Gasteiger partial charge in [0, 0.05) is 6.54 Å². The Morgan fingerprint density at radius 2 is 2.17 bits per heavy atom. The van der Waals surface area contributed by atoms with E-state index in [2.05, 4.69) is 12.2 Å². The van der Waals surface area contributed by atoms with Gasteiger partial charge in [-0.05, 0) is 30.7 Å². The van der Waals surface area contributed by atoms with Crippen LogP contribution < -0.4 is 20.5 Å². The summed E-state index contributed by atoms with van der Waals surface area (Å²) in [5.74, 6) is 0.620. The Bertz CT molecular complexity index is 394. The zero-order valence-electron chi connectivity index (χ0n) is 10.9. The quantitative estimate of drug-likeness (QED) is 0.678. The first-order chi connectivity index (χ1) is 8.67. The molecule has 1 rings (SSSR count). The molecule has 0 aromatic heterocycles. The molecule has 1 amide bonds. The Morgan fingerprint density at radius 3 is 2.78 bits per heavy atom. The first-order valence-electron chi connectivity index (χ1n) is 5.96. The third kappa shape index (κ3) is 4.63. The lowest BCUT2D eigenvalue weighted by molar-refractivity contribution is -0.119. The van der Waals surface area contributed by atoms with Gasteiger partial charge in [-0.2, -0.15) is 0 Å². The number of hydrogen-bond donors (Lipinski definition) is 2. The number of methoxy groups -OCH3 is 1. The number of hydrogen-bond acceptors (Lipinski definition) is 4. The van der Waals surface area contributed by atoms with Gasteiger partial charge in [0.1, 0.15) is 0 Å². The summed E-state index contributed by atoms with van der Waals surface area (Å²) in [5, 5.41) is 3.29. The highest BCUT2D eigenvalue weighted by atomic mass is 16.5. The lowest BCUT2D eigenvalue weighted by Crippen LogP contribution is -2.20. The Kier molecular flexibility index (Phi) is 6.00. The van der Waals surface area contributed by atoms with Crippen molar-refractivity contribution in [2.24, 2.45) is 5.73 Å². The Balaban J connectivity index is 2.71. The van der Waals surface area contributed by atoms with Crippen LogP contribution in [0.15, 0.2) is 18.2 Å². The van der Waals surface area contributed by atoms with Crippen LogP contribution in [0.2, 0.25) is 0 Å². The zero-order chi connectivity index (χ0) is 13.4. The number of benzene rings is 1. The highest BCUT2D eigenvalue weighted by Crippen LogP contribution is 2.27. The lowest BCUT2D eigenvalue weighted by Gasteiger charge is -2.11. The summed E-state index contributed by atoms with van der Waals surface area (Å²) in [6.45, 7) is 3.68. The standard InChI is InChI=1S/C13H20N2O3/c1-3-6-15-8-10-4-5-11(17-2)12(7-10)18-9-13(14)16/h4-5,7,15H,3,6,8-9H2,1-2H3,(H2,14,16). The van der Waals surface area contributed by atoms with Gasteiger partial charge < -0.3 is 20.5 Å². The first-order valence-corrected chi connectivity index (χ1v) is 5.96. The largest absolute Gasteiger partial charge is 0.493 e. The number of carbonyl (C=O) groups excluding carboxylic acids is 1. The van der Waals surface area contributed by atoms with Crippen molar-refractivity contribution in [2.75, 3.05) is 20.3 Å². The van der Waals surface area contributed by atoms with E-state index in [1.54, 1.807) is 7.11 Å². The van der Waals surface area contributed by atoms with Crippen LogP contribution in [0.25, 0.3) is 0 Å². The Hall–Kier alpha value is -1.75. The molecule has 0 spiro atoms. The lowest BCUT2D eigenvalue weighted by atomic mass is 10.2. The fourth-order valence-corrected chi connectivity index (χ4v) is 1.50. The van der Waals surface area contributed by atoms with E-state index in [0.29, 0.717) is 11.5 Å². The van der Waals surface area contributed by atoms with Gasteiger partial charge in [0.15, 0.2) is 18.1 Å². The van der Waals surface area contributed by atoms with E-state index in [9.17, 15) is 4.79 Å². The maximum absolute atomic E-state index is 10.7. The van der Waals surface area contributed by atoms with Gasteiger partial charge in [-0.1, -0.05) is 13.0 Å². The molecular weight excluding hydrogens is 232 g/mol. The first kappa shape index (κ1) is 14.3. The molecule has 3 N–H and O–H groups in total. The van der Waals surface area contributed by atoms with Crippen molar-refractivity contribution >= 4 is 5.91 Å². The number of carbonyl (C=O) groups is 1. The molecule has 0 aliphatic rings. The molecule has 1 aromatic rings. The van der Waals surface area contributed by atoms with Crippen LogP contribution in [0.1, 0.15) is 18.9 Å². The van der Waals surface area contributed by atoms with Crippen molar-refractivity contribution < 1.29 is 14.3 Å². The maximum atomic E-state index is 10.7. The van der Waals surface area contributed by atoms with Crippen molar-refractivity contribution in [2.45, 2.75) is 19.9 Å². The fraction of sp³-hybridized carbons (Fsp3) is 0.462. The minimum absolute atomic E-state index is 0.151. The van der Waals surface area contributed by atoms with Gasteiger partial charge in [-0.15, -0.1) is 0 Å². The summed E-state index contributed by atoms with van der Waals surface area (Å²) in [6.07, 6.45) is 1.08. The van der Waals surface area contributed by atoms with Crippen LogP contribution in [0, 0.1) is 0 Å². The summed E-state index contributed by atoms with van der Waals surface area (Å²) in [6, 6.07) is 5.63. The number of rotatable bonds is 8. The van der Waals surface area contributed by atoms with Crippen molar-refractivity contribution in [3.8, 4) is 11.5 Å². The van der Waals surface area contributed by atoms with Crippen LogP contribution in [0.5, 0.6) is 11.5 Å². The SMILES string of the molecule is CCCNCc1ccc(OC)c(OCC(N)=O)c1. The number of ether oxygens (including phenoxy) is 2. The van der Waals surface area contributed by atoms with E-state index in [-0.39, 0.29) is 6.61 Å². The van der Waals surface area contributed by atoms with Gasteiger partial charge in [-0.3, -0.25) is 4.79 Å². The molecule has 0 heterocycles. The minimum Gasteiger partial charge on any atom is -0.493 e. The summed E-state index contributed by atoms with van der Waals surface area (Å²) < 4.78 is 10.5. The molecule has 0 saturated heterocycles. The molecule has 0 atom stereocenters. The smallest absolute Gasteiger partial charge is 0.255 e. The Morgan fingerprint density at radius 1 is 1.39 bits per heavy atom. The van der Waals surface area contributed by atoms with Gasteiger partial charge >= 0.3 is 0 Å². The van der Waals surface area contributed by atoms with Gasteiger partial charge in [0.25, 0.3) is 5.91 Å². The minimum atomic E-state index is -0.508. The van der Waals surface area contributed by atoms with Crippen molar-refractivity contribution in [1.82, 2.24) is 5.32 Å². The maximum Gasteiger partial charge on any atom is 0.255 e. The van der Waals surface area contributed by atoms with Gasteiger partial charge in [0.2, 0.25) is 0 Å². The van der Waals surface area contributed by atoms with E-state index in [4.69, 9.17) is 15.2 Å². The summed E-state index contributed by atoms with van der Waals surface area (Å²) in [7, 11) is 1.56. The fourth-order valence-electron chi connectivity index (χ4n) is 1.50. The number of nitrogens with one attached hydrogen (secondary N) is 1. The molecule has 5 heteroatoms. The second-order valence-electron chi connectivity index (χ2n) is 3.92. The molecule has 18 heavy (non-hydrogen) atoms. The summed E-state index contributed by atoms with van der Waals surface area (Å²) >= 11 is 0. The molecule has 5 nitrogen and oxygen atoms in total. The molecule has 0 bridgehead atoms. The van der Waals surface area contributed by atoms with Gasteiger partial charge in [-0.25, -0.2) is 0 Å². The van der Waals surface area contributed by atoms with E-state index in [1.807, 2.05) is 18.2 Å². The van der Waals surface area contributed by atoms with Crippen LogP contribution in [-0.4, -0.2) is 26.2 Å². The molecule has 0 saturated carbocycles. The predicted octanol–water partition coefficient (Wildman–Crippen LogP) is 1.06. The second-order valence-corrected chi connectivity index (χ2v) is 3.92. The molecule has 0 aliphatic carbocycles. The number of nitrogens with two attached hydrogens (primary N) is 1. The molecule has 100 valence electrons. The van der Waals surface area contributed by atoms with Crippen molar-refractivity contribution in [1.29, 1.82) is 0 Å². The highest BCUT2D eigenvalue weighted by molar-refractivity contribution is 5.75. The molecule has 1 aromatic carbocycles. The molecule has 0 aliphatic heterocycles. The third-order valence-electron chi connectivity index (χ3n) is 2.35. The normalized spacial score (nSPS) is 10.1. The molecule has 0 unspecified atom stereocenters. The van der Waals surface area contributed by atoms with Crippen molar-refractivity contribution in [3.63, 3.8) is 0 Å². The van der Waals surface area contributed by atoms with Crippen LogP contribution in [0.3, 0.4) is 0 Å². The van der Waals surface area contributed by atoms with Crippen LogP contribution in [-0.2, 0) is 11.3 Å². The van der Waals surface area contributed by atoms with Crippen LogP contribution >= 0.6 is 0 Å². The average molecular weight is 252 g/mol. The molecular formula is C13H20N2O3. The number of primary amides is 1. The van der Waals surface area contributed by atoms with Crippen LogP contribution in [0.4, 0.5) is 0 Å². The van der Waals surface area contributed by atoms with Gasteiger partial charge in [0.05, 0.1) is 7.11 Å². The summed E-state index contributed by atoms with van der Waals surface area (Å²) in [4.78, 5) is 10.7. The van der Waals surface area contributed by atoms with E-state index in [0.717, 1.165) is 25.1 Å². The highest BCUT2D eigenvalue weighted by Gasteiger charge is 2.07. The van der Waals surface area contributed by atoms with Crippen molar-refractivity contribution in [3.05, 3.63) is 23.8 Å². The van der Waals surface area contributed by atoms with E-state index < -0.39 is 5.91 Å². The van der Waals surface area contributed by atoms with E-state index >= 15 is 0 Å². The number of amides is 1. The third-order valence-corrected chi connectivity index (χ3v) is 2.35. The summed E-state index contributed by atoms with van der Waals surface area (Å²) in [5.41, 5.74) is 6.12. The predicted molar refractivity (Wildman–Crippen MR) is 69.7 cm³/mol.